The maximum Gasteiger partial charge on any atom is 0.345 e. The monoisotopic (exact) mass is 340 g/mol. The maximum atomic E-state index is 12.4. The van der Waals surface area contributed by atoms with Gasteiger partial charge in [0.15, 0.2) is 0 Å². The molecule has 24 heavy (non-hydrogen) atoms. The van der Waals surface area contributed by atoms with Crippen LogP contribution in [-0.4, -0.2) is 59.6 Å². The van der Waals surface area contributed by atoms with Crippen LogP contribution in [-0.2, 0) is 19.1 Å². The molecule has 136 valence electrons. The van der Waals surface area contributed by atoms with E-state index in [9.17, 15) is 19.5 Å². The zero-order valence-electron chi connectivity index (χ0n) is 14.5. The molecule has 2 amide bonds. The number of nitrogens with one attached hydrogen (secondary N) is 1. The van der Waals surface area contributed by atoms with Crippen LogP contribution in [0, 0.1) is 5.92 Å². The Kier molecular flexibility index (Phi) is 6.21. The van der Waals surface area contributed by atoms with Crippen molar-refractivity contribution in [2.45, 2.75) is 63.5 Å². The molecule has 1 aliphatic heterocycles. The molecule has 7 nitrogen and oxygen atoms in total. The molecule has 1 saturated heterocycles. The third-order valence-electron chi connectivity index (χ3n) is 5.32. The van der Waals surface area contributed by atoms with Crippen molar-refractivity contribution in [3.63, 3.8) is 0 Å². The van der Waals surface area contributed by atoms with E-state index in [0.29, 0.717) is 38.4 Å². The fourth-order valence-corrected chi connectivity index (χ4v) is 3.53. The number of ether oxygens (including phenoxy) is 1. The third-order valence-corrected chi connectivity index (χ3v) is 5.32. The third kappa shape index (κ3) is 4.26. The summed E-state index contributed by atoms with van der Waals surface area (Å²) in [6, 6.07) is 0.331. The van der Waals surface area contributed by atoms with Crippen LogP contribution in [0.4, 0.5) is 0 Å². The van der Waals surface area contributed by atoms with E-state index in [0.717, 1.165) is 12.8 Å². The number of methoxy groups -OCH3 is 1. The van der Waals surface area contributed by atoms with Crippen molar-refractivity contribution in [3.05, 3.63) is 0 Å². The average Bonchev–Trinajstić information content (AvgIpc) is 3.06. The van der Waals surface area contributed by atoms with Gasteiger partial charge >= 0.3 is 5.97 Å². The Morgan fingerprint density at radius 1 is 1.17 bits per heavy atom. The Hall–Kier alpha value is -1.63. The van der Waals surface area contributed by atoms with Crippen LogP contribution in [0.2, 0.25) is 0 Å². The predicted octanol–water partition coefficient (Wildman–Crippen LogP) is 1.16. The van der Waals surface area contributed by atoms with E-state index in [1.807, 2.05) is 0 Å². The number of hydrogen-bond donors (Lipinski definition) is 2. The summed E-state index contributed by atoms with van der Waals surface area (Å²) in [7, 11) is 1.23. The second-order valence-electron chi connectivity index (χ2n) is 7.03. The number of likely N-dealkylation sites (tertiary alicyclic amines) is 1. The molecule has 0 aromatic carbocycles. The quantitative estimate of drug-likeness (QED) is 0.708. The molecule has 2 fully saturated rings. The number of carbonyl (C=O) groups excluding carboxylic acids is 2. The van der Waals surface area contributed by atoms with Gasteiger partial charge in [-0.3, -0.25) is 9.59 Å². The van der Waals surface area contributed by atoms with Gasteiger partial charge in [0, 0.05) is 32.7 Å². The molecule has 0 radical (unpaired) electrons. The Morgan fingerprint density at radius 3 is 2.25 bits per heavy atom. The average molecular weight is 340 g/mol. The van der Waals surface area contributed by atoms with Crippen LogP contribution >= 0.6 is 0 Å². The van der Waals surface area contributed by atoms with Crippen LogP contribution in [0.1, 0.15) is 51.9 Å². The number of carboxylic acids is 1. The summed E-state index contributed by atoms with van der Waals surface area (Å²) in [5, 5.41) is 12.3. The zero-order chi connectivity index (χ0) is 17.7. The van der Waals surface area contributed by atoms with Gasteiger partial charge in [-0.05, 0) is 38.5 Å². The lowest BCUT2D eigenvalue weighted by atomic mass is 9.92. The summed E-state index contributed by atoms with van der Waals surface area (Å²) in [6.07, 6.45) is 6.43. The summed E-state index contributed by atoms with van der Waals surface area (Å²) >= 11 is 0. The van der Waals surface area contributed by atoms with Gasteiger partial charge in [-0.25, -0.2) is 4.79 Å². The topological polar surface area (TPSA) is 95.9 Å². The van der Waals surface area contributed by atoms with Crippen molar-refractivity contribution in [2.75, 3.05) is 20.2 Å². The summed E-state index contributed by atoms with van der Waals surface area (Å²) in [4.78, 5) is 37.3. The molecular formula is C17H28N2O5. The summed E-state index contributed by atoms with van der Waals surface area (Å²) in [5.41, 5.74) is -1.84. The van der Waals surface area contributed by atoms with E-state index in [-0.39, 0.29) is 11.8 Å². The fourth-order valence-electron chi connectivity index (χ4n) is 3.53. The van der Waals surface area contributed by atoms with Crippen molar-refractivity contribution in [1.29, 1.82) is 0 Å². The van der Waals surface area contributed by atoms with Crippen molar-refractivity contribution in [1.82, 2.24) is 10.2 Å². The number of carboxylic acid groups (broad SMARTS) is 1. The van der Waals surface area contributed by atoms with E-state index >= 15 is 0 Å². The normalized spacial score (nSPS) is 22.2. The second kappa shape index (κ2) is 7.96. The minimum atomic E-state index is -1.84. The highest BCUT2D eigenvalue weighted by molar-refractivity contribution is 6.05. The molecule has 0 aromatic rings. The molecule has 0 spiro atoms. The Balaban J connectivity index is 1.79. The maximum absolute atomic E-state index is 12.4. The minimum absolute atomic E-state index is 0.0962. The standard InChI is InChI=1S/C17H28N2O5/c1-17(24-2,16(22)23)15(21)19-9-7-12(8-10-19)11-14(20)18-13-5-3-4-6-13/h12-13H,3-11H2,1-2H3,(H,18,20)(H,22,23). The smallest absolute Gasteiger partial charge is 0.345 e. The van der Waals surface area contributed by atoms with E-state index < -0.39 is 17.5 Å². The lowest BCUT2D eigenvalue weighted by molar-refractivity contribution is -0.174. The first-order valence-electron chi connectivity index (χ1n) is 8.74. The van der Waals surface area contributed by atoms with Gasteiger partial charge in [0.2, 0.25) is 11.5 Å². The van der Waals surface area contributed by atoms with Gasteiger partial charge in [-0.1, -0.05) is 12.8 Å². The molecule has 0 aromatic heterocycles. The zero-order valence-corrected chi connectivity index (χ0v) is 14.5. The van der Waals surface area contributed by atoms with Crippen molar-refractivity contribution in [2.24, 2.45) is 5.92 Å². The van der Waals surface area contributed by atoms with Gasteiger partial charge in [-0.2, -0.15) is 0 Å². The molecule has 0 bridgehead atoms. The second-order valence-corrected chi connectivity index (χ2v) is 7.03. The number of piperidine rings is 1. The summed E-state index contributed by atoms with van der Waals surface area (Å²) in [6.45, 7) is 2.21. The summed E-state index contributed by atoms with van der Waals surface area (Å²) in [5.74, 6) is -1.47. The lowest BCUT2D eigenvalue weighted by Gasteiger charge is -2.36. The first-order chi connectivity index (χ1) is 11.4. The Labute approximate surface area is 142 Å². The Morgan fingerprint density at radius 2 is 1.75 bits per heavy atom. The van der Waals surface area contributed by atoms with Crippen molar-refractivity contribution >= 4 is 17.8 Å². The number of nitrogens with zero attached hydrogens (tertiary/aromatic N) is 1. The van der Waals surface area contributed by atoms with Crippen LogP contribution in [0.15, 0.2) is 0 Å². The summed E-state index contributed by atoms with van der Waals surface area (Å²) < 4.78 is 4.93. The SMILES string of the molecule is COC(C)(C(=O)O)C(=O)N1CCC(CC(=O)NC2CCCC2)CC1. The fraction of sp³-hybridized carbons (Fsp3) is 0.824. The van der Waals surface area contributed by atoms with Crippen molar-refractivity contribution in [3.8, 4) is 0 Å². The largest absolute Gasteiger partial charge is 0.479 e. The van der Waals surface area contributed by atoms with Gasteiger partial charge < -0.3 is 20.1 Å². The van der Waals surface area contributed by atoms with E-state index in [1.165, 1.54) is 31.8 Å². The van der Waals surface area contributed by atoms with Gasteiger partial charge in [0.1, 0.15) is 0 Å². The Bertz CT molecular complexity index is 481. The molecule has 7 heteroatoms. The highest BCUT2D eigenvalue weighted by atomic mass is 16.5. The molecule has 2 N–H and O–H groups in total. The number of carbonyl (C=O) groups is 3. The molecule has 1 saturated carbocycles. The van der Waals surface area contributed by atoms with E-state index in [1.54, 1.807) is 0 Å². The molecule has 2 rings (SSSR count). The molecular weight excluding hydrogens is 312 g/mol. The van der Waals surface area contributed by atoms with Gasteiger partial charge in [0.25, 0.3) is 5.91 Å². The highest BCUT2D eigenvalue weighted by Gasteiger charge is 2.45. The number of amides is 2. The molecule has 1 atom stereocenters. The van der Waals surface area contributed by atoms with Crippen LogP contribution in [0.5, 0.6) is 0 Å². The molecule has 1 aliphatic carbocycles. The van der Waals surface area contributed by atoms with Crippen LogP contribution in [0.3, 0.4) is 0 Å². The van der Waals surface area contributed by atoms with Gasteiger partial charge in [-0.15, -0.1) is 0 Å². The van der Waals surface area contributed by atoms with E-state index in [2.05, 4.69) is 5.32 Å². The predicted molar refractivity (Wildman–Crippen MR) is 87.4 cm³/mol. The minimum Gasteiger partial charge on any atom is -0.479 e. The molecule has 1 heterocycles. The van der Waals surface area contributed by atoms with Crippen molar-refractivity contribution < 1.29 is 24.2 Å². The van der Waals surface area contributed by atoms with Crippen LogP contribution < -0.4 is 5.32 Å². The van der Waals surface area contributed by atoms with Crippen LogP contribution in [0.25, 0.3) is 0 Å². The molecule has 2 aliphatic rings. The molecule has 1 unspecified atom stereocenters. The number of hydrogen-bond acceptors (Lipinski definition) is 4. The highest BCUT2D eigenvalue weighted by Crippen LogP contribution is 2.24. The number of aliphatic carboxylic acids is 1. The first-order valence-corrected chi connectivity index (χ1v) is 8.74. The number of rotatable bonds is 6. The van der Waals surface area contributed by atoms with E-state index in [4.69, 9.17) is 4.74 Å². The first kappa shape index (κ1) is 18.7. The lowest BCUT2D eigenvalue weighted by Crippen LogP contribution is -2.55. The van der Waals surface area contributed by atoms with Gasteiger partial charge in [0.05, 0.1) is 0 Å².